The molecular weight excluding hydrogens is 602 g/mol. The summed E-state index contributed by atoms with van der Waals surface area (Å²) in [5.41, 5.74) is 9.78. The van der Waals surface area contributed by atoms with Gasteiger partial charge in [0.1, 0.15) is 39.5 Å². The van der Waals surface area contributed by atoms with E-state index in [1.807, 2.05) is 13.1 Å². The van der Waals surface area contributed by atoms with Crippen molar-refractivity contribution in [1.82, 2.24) is 33.1 Å². The lowest BCUT2D eigenvalue weighted by molar-refractivity contribution is 0.0828. The van der Waals surface area contributed by atoms with E-state index >= 15 is 4.39 Å². The summed E-state index contributed by atoms with van der Waals surface area (Å²) in [5.74, 6) is -0.393. The summed E-state index contributed by atoms with van der Waals surface area (Å²) in [4.78, 5) is 13.8. The highest BCUT2D eigenvalue weighted by atomic mass is 32.2. The van der Waals surface area contributed by atoms with E-state index in [2.05, 4.69) is 44.9 Å². The number of piperazine rings is 1. The minimum absolute atomic E-state index is 0.0503. The molecule has 2 aliphatic rings. The third-order valence-electron chi connectivity index (χ3n) is 9.15. The quantitative estimate of drug-likeness (QED) is 0.273. The summed E-state index contributed by atoms with van der Waals surface area (Å²) in [6.45, 7) is 6.28. The molecule has 0 atom stereocenters. The topological polar surface area (TPSA) is 135 Å². The molecule has 2 fully saturated rings. The van der Waals surface area contributed by atoms with Gasteiger partial charge >= 0.3 is 0 Å². The number of rotatable bonds is 6. The van der Waals surface area contributed by atoms with Crippen molar-refractivity contribution in [3.8, 4) is 11.1 Å². The van der Waals surface area contributed by atoms with Gasteiger partial charge in [0, 0.05) is 50.0 Å². The van der Waals surface area contributed by atoms with Crippen molar-refractivity contribution in [3.05, 3.63) is 54.2 Å². The van der Waals surface area contributed by atoms with E-state index in [0.717, 1.165) is 74.8 Å². The Morgan fingerprint density at radius 1 is 0.977 bits per heavy atom. The van der Waals surface area contributed by atoms with Crippen LogP contribution in [0, 0.1) is 12.7 Å². The number of nitrogens with zero attached hydrogens (tertiary/aromatic N) is 7. The highest BCUT2D eigenvalue weighted by Crippen LogP contribution is 2.40. The van der Waals surface area contributed by atoms with Gasteiger partial charge in [0.15, 0.2) is 0 Å². The van der Waals surface area contributed by atoms with Gasteiger partial charge in [0.2, 0.25) is 0 Å². The summed E-state index contributed by atoms with van der Waals surface area (Å²) < 4.78 is 55.1. The zero-order chi connectivity index (χ0) is 30.6. The Balaban J connectivity index is 1.16. The van der Waals surface area contributed by atoms with Gasteiger partial charge in [-0.05, 0) is 69.0 Å². The van der Waals surface area contributed by atoms with Crippen molar-refractivity contribution < 1.29 is 12.8 Å². The van der Waals surface area contributed by atoms with Crippen molar-refractivity contribution in [2.24, 2.45) is 0 Å². The third kappa shape index (κ3) is 5.19. The monoisotopic (exact) mass is 635 g/mol. The fourth-order valence-electron chi connectivity index (χ4n) is 6.64. The second-order valence-corrected chi connectivity index (χ2v) is 14.0. The molecule has 44 heavy (non-hydrogen) atoms. The third-order valence-corrected chi connectivity index (χ3v) is 11.1. The normalized spacial score (nSPS) is 20.4. The van der Waals surface area contributed by atoms with Crippen molar-refractivity contribution in [3.63, 3.8) is 0 Å². The number of sulfonamides is 1. The highest BCUT2D eigenvalue weighted by Gasteiger charge is 2.30. The van der Waals surface area contributed by atoms with E-state index in [-0.39, 0.29) is 22.1 Å². The number of halogens is 1. The van der Waals surface area contributed by atoms with Crippen LogP contribution in [0.1, 0.15) is 37.3 Å². The minimum atomic E-state index is -4.13. The zero-order valence-corrected chi connectivity index (χ0v) is 26.2. The molecule has 0 radical (unpaired) electrons. The molecule has 1 aliphatic carbocycles. The number of aryl methyl sites for hydroxylation is 1. The molecule has 3 N–H and O–H groups in total. The lowest BCUT2D eigenvalue weighted by atomic mass is 9.89. The summed E-state index contributed by atoms with van der Waals surface area (Å²) in [6, 6.07) is 8.40. The smallest absolute Gasteiger partial charge is 0.264 e. The first-order valence-electron chi connectivity index (χ1n) is 14.8. The molecule has 11 nitrogen and oxygen atoms in total. The van der Waals surface area contributed by atoms with Gasteiger partial charge in [-0.3, -0.25) is 9.62 Å². The van der Waals surface area contributed by atoms with Gasteiger partial charge in [-0.25, -0.2) is 22.8 Å². The second kappa shape index (κ2) is 11.3. The van der Waals surface area contributed by atoms with Crippen LogP contribution in [0.4, 0.5) is 15.9 Å². The Morgan fingerprint density at radius 2 is 1.70 bits per heavy atom. The Morgan fingerprint density at radius 3 is 2.45 bits per heavy atom. The molecule has 5 aromatic rings. The maximum Gasteiger partial charge on any atom is 0.264 e. The van der Waals surface area contributed by atoms with Crippen molar-refractivity contribution in [1.29, 1.82) is 0 Å². The maximum absolute atomic E-state index is 15.6. The number of nitrogen functional groups attached to an aromatic ring is 1. The Bertz CT molecular complexity index is 1960. The molecule has 1 saturated carbocycles. The van der Waals surface area contributed by atoms with Crippen LogP contribution in [0.2, 0.25) is 0 Å². The van der Waals surface area contributed by atoms with Crippen LogP contribution < -0.4 is 10.5 Å². The van der Waals surface area contributed by atoms with E-state index in [9.17, 15) is 8.42 Å². The lowest BCUT2D eigenvalue weighted by Crippen LogP contribution is -2.49. The Hall–Kier alpha value is -3.72. The largest absolute Gasteiger partial charge is 0.383 e. The summed E-state index contributed by atoms with van der Waals surface area (Å²) in [6.07, 6.45) is 7.70. The Kier molecular flexibility index (Phi) is 7.47. The van der Waals surface area contributed by atoms with Crippen LogP contribution in [0.5, 0.6) is 0 Å². The first kappa shape index (κ1) is 29.0. The molecule has 1 aliphatic heterocycles. The fourth-order valence-corrected chi connectivity index (χ4v) is 8.53. The SMILES string of the molecule is Cc1ccc(S(=O)(=O)Nc2ccc(-c3cn(C4CCC(N5CCN(C)CC5)CC4)c4ncnc(N)c34)cc2F)c2nsnc12. The molecule has 0 unspecified atom stereocenters. The molecule has 3 aromatic heterocycles. The minimum Gasteiger partial charge on any atom is -0.383 e. The number of anilines is 2. The van der Waals surface area contributed by atoms with Gasteiger partial charge in [0.05, 0.1) is 22.8 Å². The van der Waals surface area contributed by atoms with Gasteiger partial charge in [0.25, 0.3) is 10.0 Å². The van der Waals surface area contributed by atoms with Gasteiger partial charge in [-0.2, -0.15) is 8.75 Å². The van der Waals surface area contributed by atoms with E-state index < -0.39 is 15.8 Å². The summed E-state index contributed by atoms with van der Waals surface area (Å²) in [5, 5.41) is 0.666. The van der Waals surface area contributed by atoms with Crippen LogP contribution in [-0.2, 0) is 10.0 Å². The predicted molar refractivity (Wildman–Crippen MR) is 171 cm³/mol. The molecular formula is C30H34FN9O2S2. The first-order chi connectivity index (χ1) is 21.2. The van der Waals surface area contributed by atoms with E-state index in [1.165, 1.54) is 24.5 Å². The Labute approximate surface area is 259 Å². The molecule has 0 spiro atoms. The first-order valence-corrected chi connectivity index (χ1v) is 17.0. The number of hydrogen-bond donors (Lipinski definition) is 2. The summed E-state index contributed by atoms with van der Waals surface area (Å²) >= 11 is 0.935. The maximum atomic E-state index is 15.6. The van der Waals surface area contributed by atoms with Crippen molar-refractivity contribution >= 4 is 55.3 Å². The summed E-state index contributed by atoms with van der Waals surface area (Å²) in [7, 11) is -1.95. The van der Waals surface area contributed by atoms with Gasteiger partial charge < -0.3 is 15.2 Å². The zero-order valence-electron chi connectivity index (χ0n) is 24.6. The van der Waals surface area contributed by atoms with Crippen LogP contribution in [0.25, 0.3) is 33.2 Å². The molecule has 2 aromatic carbocycles. The van der Waals surface area contributed by atoms with E-state index in [0.29, 0.717) is 33.9 Å². The number of likely N-dealkylation sites (N-methyl/N-ethyl adjacent to an activating group) is 1. The molecule has 0 bridgehead atoms. The number of aromatic nitrogens is 5. The standard InChI is InChI=1S/C30H34FN9O2S2/c1-18-3-10-25(28-27(18)35-43-36-28)44(41,42)37-24-9-4-19(15-23(24)31)22-16-40(30-26(22)29(32)33-17-34-30)21-7-5-20(6-8-21)39-13-11-38(2)12-14-39/h3-4,9-10,15-17,20-21,37H,5-8,11-14H2,1-2H3,(H2,32,33,34). The lowest BCUT2D eigenvalue weighted by Gasteiger charge is -2.41. The molecule has 230 valence electrons. The number of benzene rings is 2. The highest BCUT2D eigenvalue weighted by molar-refractivity contribution is 7.93. The van der Waals surface area contributed by atoms with Gasteiger partial charge in [-0.15, -0.1) is 0 Å². The van der Waals surface area contributed by atoms with Crippen LogP contribution >= 0.6 is 11.7 Å². The number of hydrogen-bond acceptors (Lipinski definition) is 10. The van der Waals surface area contributed by atoms with Crippen molar-refractivity contribution in [2.45, 2.75) is 49.6 Å². The van der Waals surface area contributed by atoms with Crippen LogP contribution in [-0.4, -0.2) is 80.8 Å². The number of nitrogens with two attached hydrogens (primary N) is 1. The van der Waals surface area contributed by atoms with E-state index in [4.69, 9.17) is 5.73 Å². The molecule has 4 heterocycles. The second-order valence-electron chi connectivity index (χ2n) is 11.9. The average Bonchev–Trinajstić information content (AvgIpc) is 3.66. The molecule has 7 rings (SSSR count). The van der Waals surface area contributed by atoms with Crippen LogP contribution in [0.15, 0.2) is 47.8 Å². The number of fused-ring (bicyclic) bond motifs is 2. The predicted octanol–water partition coefficient (Wildman–Crippen LogP) is 4.66. The number of nitrogens with one attached hydrogen (secondary N) is 1. The van der Waals surface area contributed by atoms with Crippen LogP contribution in [0.3, 0.4) is 0 Å². The molecule has 14 heteroatoms. The fraction of sp³-hybridized carbons (Fsp3) is 0.400. The van der Waals surface area contributed by atoms with E-state index in [1.54, 1.807) is 12.1 Å². The average molecular weight is 636 g/mol. The molecule has 0 amide bonds. The molecule has 1 saturated heterocycles. The van der Waals surface area contributed by atoms with Crippen molar-refractivity contribution in [2.75, 3.05) is 43.7 Å². The van der Waals surface area contributed by atoms with Gasteiger partial charge in [-0.1, -0.05) is 12.1 Å².